The molecule has 0 aliphatic rings. The minimum Gasteiger partial charge on any atom is -0.478 e. The van der Waals surface area contributed by atoms with Crippen LogP contribution in [0.15, 0.2) is 18.2 Å². The van der Waals surface area contributed by atoms with Gasteiger partial charge in [-0.25, -0.2) is 9.59 Å². The molecule has 3 N–H and O–H groups in total. The molecule has 0 atom stereocenters. The van der Waals surface area contributed by atoms with Crippen molar-refractivity contribution in [1.29, 1.82) is 0 Å². The van der Waals surface area contributed by atoms with Crippen LogP contribution < -0.4 is 10.6 Å². The Kier molecular flexibility index (Phi) is 6.15. The lowest BCUT2D eigenvalue weighted by Gasteiger charge is -2.09. The van der Waals surface area contributed by atoms with Crippen molar-refractivity contribution in [3.05, 3.63) is 27.3 Å². The Morgan fingerprint density at radius 1 is 1.42 bits per heavy atom. The molecule has 0 aliphatic heterocycles. The number of anilines is 1. The maximum Gasteiger partial charge on any atom is 0.337 e. The second-order valence-corrected chi connectivity index (χ2v) is 4.93. The van der Waals surface area contributed by atoms with Crippen molar-refractivity contribution in [3.8, 4) is 12.3 Å². The van der Waals surface area contributed by atoms with Crippen molar-refractivity contribution in [2.45, 2.75) is 12.8 Å². The van der Waals surface area contributed by atoms with Crippen LogP contribution in [0.5, 0.6) is 0 Å². The number of nitrogens with one attached hydrogen (secondary N) is 2. The van der Waals surface area contributed by atoms with Gasteiger partial charge in [-0.05, 0) is 47.2 Å². The molecule has 0 saturated heterocycles. The number of amides is 2. The topological polar surface area (TPSA) is 78.4 Å². The maximum atomic E-state index is 11.6. The van der Waals surface area contributed by atoms with Crippen molar-refractivity contribution in [1.82, 2.24) is 5.32 Å². The van der Waals surface area contributed by atoms with Crippen LogP contribution in [-0.2, 0) is 0 Å². The Morgan fingerprint density at radius 2 is 2.16 bits per heavy atom. The number of halogens is 1. The summed E-state index contributed by atoms with van der Waals surface area (Å²) in [5, 5.41) is 14.2. The largest absolute Gasteiger partial charge is 0.478 e. The number of carboxylic acid groups (broad SMARTS) is 1. The molecule has 0 saturated carbocycles. The summed E-state index contributed by atoms with van der Waals surface area (Å²) in [5.74, 6) is 1.39. The highest BCUT2D eigenvalue weighted by Gasteiger charge is 2.12. The number of carbonyl (C=O) groups excluding carboxylic acids is 1. The number of aromatic carboxylic acids is 1. The fourth-order valence-electron chi connectivity index (χ4n) is 1.36. The average molecular weight is 372 g/mol. The summed E-state index contributed by atoms with van der Waals surface area (Å²) in [6.07, 6.45) is 6.36. The molecule has 0 aliphatic carbocycles. The SMILES string of the molecule is C#CCCCNC(=O)Nc1ccc(I)cc1C(=O)O. The number of carboxylic acids is 1. The smallest absolute Gasteiger partial charge is 0.337 e. The molecule has 0 bridgehead atoms. The molecule has 1 aromatic rings. The van der Waals surface area contributed by atoms with E-state index in [1.165, 1.54) is 6.07 Å². The highest BCUT2D eigenvalue weighted by Crippen LogP contribution is 2.18. The number of rotatable bonds is 5. The van der Waals surface area contributed by atoms with Crippen molar-refractivity contribution in [2.75, 3.05) is 11.9 Å². The Hall–Kier alpha value is -1.75. The molecule has 0 aromatic heterocycles. The Bertz CT molecular complexity index is 523. The summed E-state index contributed by atoms with van der Waals surface area (Å²) in [6, 6.07) is 4.34. The van der Waals surface area contributed by atoms with Gasteiger partial charge in [-0.15, -0.1) is 12.3 Å². The minimum atomic E-state index is -1.08. The summed E-state index contributed by atoms with van der Waals surface area (Å²) >= 11 is 2.01. The Labute approximate surface area is 124 Å². The highest BCUT2D eigenvalue weighted by molar-refractivity contribution is 14.1. The van der Waals surface area contributed by atoms with E-state index in [1.54, 1.807) is 12.1 Å². The van der Waals surface area contributed by atoms with Crippen molar-refractivity contribution < 1.29 is 14.7 Å². The number of hydrogen-bond donors (Lipinski definition) is 3. The molecule has 1 rings (SSSR count). The van der Waals surface area contributed by atoms with Gasteiger partial charge in [0, 0.05) is 16.5 Å². The molecule has 6 heteroatoms. The molecule has 0 fully saturated rings. The van der Waals surface area contributed by atoms with Gasteiger partial charge in [-0.2, -0.15) is 0 Å². The lowest BCUT2D eigenvalue weighted by Crippen LogP contribution is -2.30. The normalized spacial score (nSPS) is 9.47. The van der Waals surface area contributed by atoms with Gasteiger partial charge in [0.1, 0.15) is 0 Å². The van der Waals surface area contributed by atoms with Gasteiger partial charge in [0.2, 0.25) is 0 Å². The fraction of sp³-hybridized carbons (Fsp3) is 0.231. The number of unbranched alkanes of at least 4 members (excludes halogenated alkanes) is 1. The summed E-state index contributed by atoms with van der Waals surface area (Å²) in [6.45, 7) is 0.447. The zero-order chi connectivity index (χ0) is 14.3. The first-order valence-electron chi connectivity index (χ1n) is 5.55. The van der Waals surface area contributed by atoms with Crippen LogP contribution in [0.3, 0.4) is 0 Å². The van der Waals surface area contributed by atoms with E-state index in [4.69, 9.17) is 11.5 Å². The first-order valence-corrected chi connectivity index (χ1v) is 6.63. The Balaban J connectivity index is 2.64. The van der Waals surface area contributed by atoms with Crippen LogP contribution >= 0.6 is 22.6 Å². The Morgan fingerprint density at radius 3 is 2.79 bits per heavy atom. The second-order valence-electron chi connectivity index (χ2n) is 3.68. The minimum absolute atomic E-state index is 0.0608. The monoisotopic (exact) mass is 372 g/mol. The number of terminal acetylenes is 1. The van der Waals surface area contributed by atoms with Crippen LogP contribution in [0.2, 0.25) is 0 Å². The van der Waals surface area contributed by atoms with Gasteiger partial charge in [-0.3, -0.25) is 0 Å². The molecule has 0 spiro atoms. The number of carbonyl (C=O) groups is 2. The molecule has 19 heavy (non-hydrogen) atoms. The van der Waals surface area contributed by atoms with Crippen LogP contribution in [-0.4, -0.2) is 23.7 Å². The highest BCUT2D eigenvalue weighted by atomic mass is 127. The van der Waals surface area contributed by atoms with Gasteiger partial charge in [0.15, 0.2) is 0 Å². The second kappa shape index (κ2) is 7.63. The molecule has 100 valence electrons. The average Bonchev–Trinajstić information content (AvgIpc) is 2.36. The van der Waals surface area contributed by atoms with E-state index in [1.807, 2.05) is 22.6 Å². The molecular weight excluding hydrogens is 359 g/mol. The van der Waals surface area contributed by atoms with Gasteiger partial charge in [0.05, 0.1) is 11.3 Å². The zero-order valence-corrected chi connectivity index (χ0v) is 12.2. The third-order valence-electron chi connectivity index (χ3n) is 2.24. The van der Waals surface area contributed by atoms with E-state index in [2.05, 4.69) is 16.6 Å². The van der Waals surface area contributed by atoms with Crippen molar-refractivity contribution >= 4 is 40.3 Å². The lowest BCUT2D eigenvalue weighted by molar-refractivity contribution is 0.0698. The maximum absolute atomic E-state index is 11.6. The molecule has 0 unspecified atom stereocenters. The number of hydrogen-bond acceptors (Lipinski definition) is 2. The van der Waals surface area contributed by atoms with Gasteiger partial charge in [-0.1, -0.05) is 0 Å². The van der Waals surface area contributed by atoms with Crippen LogP contribution in [0, 0.1) is 15.9 Å². The number of benzene rings is 1. The van der Waals surface area contributed by atoms with E-state index in [0.717, 1.165) is 3.57 Å². The molecule has 2 amide bonds. The summed E-state index contributed by atoms with van der Waals surface area (Å²) in [7, 11) is 0. The van der Waals surface area contributed by atoms with E-state index >= 15 is 0 Å². The molecule has 1 aromatic carbocycles. The van der Waals surface area contributed by atoms with Crippen LogP contribution in [0.25, 0.3) is 0 Å². The van der Waals surface area contributed by atoms with Crippen LogP contribution in [0.4, 0.5) is 10.5 Å². The van der Waals surface area contributed by atoms with Crippen molar-refractivity contribution in [3.63, 3.8) is 0 Å². The predicted molar refractivity (Wildman–Crippen MR) is 81.2 cm³/mol. The molecule has 0 radical (unpaired) electrons. The summed E-state index contributed by atoms with van der Waals surface area (Å²) in [4.78, 5) is 22.6. The van der Waals surface area contributed by atoms with Gasteiger partial charge >= 0.3 is 12.0 Å². The summed E-state index contributed by atoms with van der Waals surface area (Å²) < 4.78 is 0.787. The van der Waals surface area contributed by atoms with E-state index in [0.29, 0.717) is 19.4 Å². The fourth-order valence-corrected chi connectivity index (χ4v) is 1.85. The van der Waals surface area contributed by atoms with Gasteiger partial charge in [0.25, 0.3) is 0 Å². The van der Waals surface area contributed by atoms with Gasteiger partial charge < -0.3 is 15.7 Å². The van der Waals surface area contributed by atoms with E-state index in [-0.39, 0.29) is 11.3 Å². The van der Waals surface area contributed by atoms with Crippen molar-refractivity contribution in [2.24, 2.45) is 0 Å². The quantitative estimate of drug-likeness (QED) is 0.422. The predicted octanol–water partition coefficient (Wildman–Crippen LogP) is 2.52. The summed E-state index contributed by atoms with van der Waals surface area (Å²) in [5.41, 5.74) is 0.327. The standard InChI is InChI=1S/C13H13IN2O3/c1-2-3-4-7-15-13(19)16-11-6-5-9(14)8-10(11)12(17)18/h1,5-6,8H,3-4,7H2,(H,17,18)(H2,15,16,19). The van der Waals surface area contributed by atoms with Crippen LogP contribution in [0.1, 0.15) is 23.2 Å². The van der Waals surface area contributed by atoms with E-state index < -0.39 is 12.0 Å². The molecule has 0 heterocycles. The molecular formula is C13H13IN2O3. The number of urea groups is 1. The van der Waals surface area contributed by atoms with E-state index in [9.17, 15) is 9.59 Å². The zero-order valence-electron chi connectivity index (χ0n) is 10.1. The molecule has 5 nitrogen and oxygen atoms in total. The third-order valence-corrected chi connectivity index (χ3v) is 2.91. The first-order chi connectivity index (χ1) is 9.04. The first kappa shape index (κ1) is 15.3. The third kappa shape index (κ3) is 5.18. The lowest BCUT2D eigenvalue weighted by atomic mass is 10.2.